The normalized spacial score (nSPS) is 32.6. The summed E-state index contributed by atoms with van der Waals surface area (Å²) in [6.45, 7) is 2.24. The number of hydrogen-bond donors (Lipinski definition) is 1. The lowest BCUT2D eigenvalue weighted by Gasteiger charge is -2.31. The molecule has 0 spiro atoms. The van der Waals surface area contributed by atoms with E-state index in [1.807, 2.05) is 0 Å². The van der Waals surface area contributed by atoms with Gasteiger partial charge in [-0.05, 0) is 31.6 Å². The summed E-state index contributed by atoms with van der Waals surface area (Å²) in [5.74, 6) is 1.44. The van der Waals surface area contributed by atoms with Gasteiger partial charge in [-0.25, -0.2) is 0 Å². The first-order valence-electron chi connectivity index (χ1n) is 6.11. The minimum absolute atomic E-state index is 0.329. The van der Waals surface area contributed by atoms with E-state index >= 15 is 0 Å². The number of carbonyl (C=O) groups excluding carboxylic acids is 1. The Kier molecular flexibility index (Phi) is 3.09. The van der Waals surface area contributed by atoms with Crippen molar-refractivity contribution in [3.8, 4) is 0 Å². The van der Waals surface area contributed by atoms with Gasteiger partial charge in [-0.15, -0.1) is 0 Å². The van der Waals surface area contributed by atoms with Crippen molar-refractivity contribution in [1.82, 2.24) is 5.32 Å². The van der Waals surface area contributed by atoms with Crippen LogP contribution < -0.4 is 5.32 Å². The van der Waals surface area contributed by atoms with Crippen LogP contribution in [0.3, 0.4) is 0 Å². The summed E-state index contributed by atoms with van der Waals surface area (Å²) < 4.78 is 0. The van der Waals surface area contributed by atoms with Crippen molar-refractivity contribution in [1.29, 1.82) is 0 Å². The van der Waals surface area contributed by atoms with E-state index in [9.17, 15) is 4.79 Å². The zero-order chi connectivity index (χ0) is 9.97. The molecule has 1 amide bonds. The summed E-state index contributed by atoms with van der Waals surface area (Å²) in [5.41, 5.74) is 0. The first-order chi connectivity index (χ1) is 6.81. The summed E-state index contributed by atoms with van der Waals surface area (Å²) in [6.07, 6.45) is 8.63. The van der Waals surface area contributed by atoms with E-state index < -0.39 is 0 Å². The Bertz CT molecular complexity index is 210. The average molecular weight is 195 g/mol. The van der Waals surface area contributed by atoms with E-state index in [0.29, 0.717) is 17.9 Å². The van der Waals surface area contributed by atoms with Gasteiger partial charge in [0, 0.05) is 12.0 Å². The molecule has 0 aromatic rings. The molecule has 2 nitrogen and oxygen atoms in total. The highest BCUT2D eigenvalue weighted by Gasteiger charge is 2.33. The average Bonchev–Trinajstić information content (AvgIpc) is 3.02. The van der Waals surface area contributed by atoms with Gasteiger partial charge in [0.15, 0.2) is 0 Å². The fourth-order valence-corrected chi connectivity index (χ4v) is 2.53. The maximum absolute atomic E-state index is 11.6. The SMILES string of the molecule is CCC1CCCCC1NC(=O)C1CC1. The number of amides is 1. The molecule has 1 N–H and O–H groups in total. The topological polar surface area (TPSA) is 29.1 Å². The standard InChI is InChI=1S/C12H21NO/c1-2-9-5-3-4-6-11(9)13-12(14)10-7-8-10/h9-11H,2-8H2,1H3,(H,13,14). The molecule has 2 rings (SSSR count). The van der Waals surface area contributed by atoms with Gasteiger partial charge in [0.05, 0.1) is 0 Å². The van der Waals surface area contributed by atoms with E-state index in [2.05, 4.69) is 12.2 Å². The maximum atomic E-state index is 11.6. The molecule has 2 aliphatic carbocycles. The molecule has 2 fully saturated rings. The van der Waals surface area contributed by atoms with Crippen LogP contribution in [0.5, 0.6) is 0 Å². The third kappa shape index (κ3) is 2.28. The lowest BCUT2D eigenvalue weighted by molar-refractivity contribution is -0.123. The first-order valence-corrected chi connectivity index (χ1v) is 6.11. The predicted molar refractivity (Wildman–Crippen MR) is 56.9 cm³/mol. The van der Waals surface area contributed by atoms with E-state index in [-0.39, 0.29) is 0 Å². The Morgan fingerprint density at radius 3 is 2.57 bits per heavy atom. The van der Waals surface area contributed by atoms with Gasteiger partial charge in [0.2, 0.25) is 5.91 Å². The van der Waals surface area contributed by atoms with E-state index in [0.717, 1.165) is 18.8 Å². The predicted octanol–water partition coefficient (Wildman–Crippen LogP) is 2.48. The number of nitrogens with one attached hydrogen (secondary N) is 1. The Hall–Kier alpha value is -0.530. The molecule has 0 aromatic carbocycles. The fraction of sp³-hybridized carbons (Fsp3) is 0.917. The molecule has 0 aliphatic heterocycles. The van der Waals surface area contributed by atoms with Gasteiger partial charge in [0.25, 0.3) is 0 Å². The molecule has 2 atom stereocenters. The third-order valence-corrected chi connectivity index (χ3v) is 3.71. The van der Waals surface area contributed by atoms with Crippen molar-refractivity contribution in [2.75, 3.05) is 0 Å². The lowest BCUT2D eigenvalue weighted by atomic mass is 9.83. The Morgan fingerprint density at radius 2 is 1.93 bits per heavy atom. The molecular weight excluding hydrogens is 174 g/mol. The number of hydrogen-bond acceptors (Lipinski definition) is 1. The smallest absolute Gasteiger partial charge is 0.223 e. The minimum Gasteiger partial charge on any atom is -0.353 e. The molecule has 2 unspecified atom stereocenters. The Morgan fingerprint density at radius 1 is 1.21 bits per heavy atom. The van der Waals surface area contributed by atoms with Crippen LogP contribution in [0.4, 0.5) is 0 Å². The van der Waals surface area contributed by atoms with Crippen molar-refractivity contribution >= 4 is 5.91 Å². The zero-order valence-electron chi connectivity index (χ0n) is 9.09. The molecule has 80 valence electrons. The van der Waals surface area contributed by atoms with Crippen LogP contribution in [0, 0.1) is 11.8 Å². The van der Waals surface area contributed by atoms with Crippen LogP contribution in [0.2, 0.25) is 0 Å². The summed E-state index contributed by atoms with van der Waals surface area (Å²) in [4.78, 5) is 11.6. The molecule has 0 bridgehead atoms. The minimum atomic E-state index is 0.329. The van der Waals surface area contributed by atoms with Crippen LogP contribution in [-0.4, -0.2) is 11.9 Å². The fourth-order valence-electron chi connectivity index (χ4n) is 2.53. The molecule has 2 heteroatoms. The molecule has 2 saturated carbocycles. The quantitative estimate of drug-likeness (QED) is 0.736. The van der Waals surface area contributed by atoms with Gasteiger partial charge < -0.3 is 5.32 Å². The van der Waals surface area contributed by atoms with Crippen molar-refractivity contribution in [2.24, 2.45) is 11.8 Å². The Balaban J connectivity index is 1.83. The highest BCUT2D eigenvalue weighted by atomic mass is 16.2. The summed E-state index contributed by atoms with van der Waals surface area (Å²) >= 11 is 0. The zero-order valence-corrected chi connectivity index (χ0v) is 9.09. The monoisotopic (exact) mass is 195 g/mol. The van der Waals surface area contributed by atoms with Gasteiger partial charge in [0.1, 0.15) is 0 Å². The van der Waals surface area contributed by atoms with Gasteiger partial charge in [-0.2, -0.15) is 0 Å². The molecule has 14 heavy (non-hydrogen) atoms. The molecule has 0 radical (unpaired) electrons. The Labute approximate surface area is 86.5 Å². The van der Waals surface area contributed by atoms with Gasteiger partial charge >= 0.3 is 0 Å². The van der Waals surface area contributed by atoms with E-state index in [1.54, 1.807) is 0 Å². The first kappa shape index (κ1) is 10.0. The van der Waals surface area contributed by atoms with E-state index in [1.165, 1.54) is 32.1 Å². The van der Waals surface area contributed by atoms with Crippen LogP contribution >= 0.6 is 0 Å². The second-order valence-corrected chi connectivity index (χ2v) is 4.84. The van der Waals surface area contributed by atoms with Crippen LogP contribution in [-0.2, 0) is 4.79 Å². The maximum Gasteiger partial charge on any atom is 0.223 e. The second kappa shape index (κ2) is 4.33. The molecule has 0 saturated heterocycles. The molecule has 0 aromatic heterocycles. The second-order valence-electron chi connectivity index (χ2n) is 4.84. The third-order valence-electron chi connectivity index (χ3n) is 3.71. The highest BCUT2D eigenvalue weighted by molar-refractivity contribution is 5.81. The van der Waals surface area contributed by atoms with Crippen LogP contribution in [0.15, 0.2) is 0 Å². The summed E-state index contributed by atoms with van der Waals surface area (Å²) in [5, 5.41) is 3.24. The van der Waals surface area contributed by atoms with Crippen LogP contribution in [0.1, 0.15) is 51.9 Å². The summed E-state index contributed by atoms with van der Waals surface area (Å²) in [6, 6.07) is 0.488. The number of carbonyl (C=O) groups is 1. The van der Waals surface area contributed by atoms with Gasteiger partial charge in [-0.3, -0.25) is 4.79 Å². The van der Waals surface area contributed by atoms with Crippen molar-refractivity contribution in [3.05, 3.63) is 0 Å². The van der Waals surface area contributed by atoms with Crippen molar-refractivity contribution < 1.29 is 4.79 Å². The summed E-state index contributed by atoms with van der Waals surface area (Å²) in [7, 11) is 0. The van der Waals surface area contributed by atoms with Crippen LogP contribution in [0.25, 0.3) is 0 Å². The largest absolute Gasteiger partial charge is 0.353 e. The molecular formula is C12H21NO. The highest BCUT2D eigenvalue weighted by Crippen LogP contribution is 2.31. The lowest BCUT2D eigenvalue weighted by Crippen LogP contribution is -2.42. The van der Waals surface area contributed by atoms with Crippen molar-refractivity contribution in [3.63, 3.8) is 0 Å². The number of rotatable bonds is 3. The van der Waals surface area contributed by atoms with Crippen molar-refractivity contribution in [2.45, 2.75) is 57.9 Å². The van der Waals surface area contributed by atoms with E-state index in [4.69, 9.17) is 0 Å². The van der Waals surface area contributed by atoms with Gasteiger partial charge in [-0.1, -0.05) is 26.2 Å². The molecule has 2 aliphatic rings. The molecule has 0 heterocycles.